The molecule has 0 aromatic rings. The van der Waals surface area contributed by atoms with Crippen LogP contribution in [-0.4, -0.2) is 63.3 Å². The summed E-state index contributed by atoms with van der Waals surface area (Å²) in [5.74, 6) is 1.74. The van der Waals surface area contributed by atoms with Crippen LogP contribution in [0.2, 0.25) is 0 Å². The second-order valence-electron chi connectivity index (χ2n) is 6.39. The Morgan fingerprint density at radius 1 is 1.25 bits per heavy atom. The number of carbonyl (C=O) groups is 1. The molecule has 0 aromatic carbocycles. The summed E-state index contributed by atoms with van der Waals surface area (Å²) in [5.41, 5.74) is 0. The largest absolute Gasteiger partial charge is 0.469 e. The maximum Gasteiger partial charge on any atom is 0.308 e. The zero-order valence-electron chi connectivity index (χ0n) is 15.0. The molecule has 6 nitrogen and oxygen atoms in total. The van der Waals surface area contributed by atoms with Gasteiger partial charge in [-0.05, 0) is 44.9 Å². The zero-order chi connectivity index (χ0) is 16.5. The van der Waals surface area contributed by atoms with Gasteiger partial charge in [-0.25, -0.2) is 0 Å². The van der Waals surface area contributed by atoms with Gasteiger partial charge in [0.2, 0.25) is 0 Å². The molecule has 1 aliphatic heterocycles. The van der Waals surface area contributed by atoms with Crippen LogP contribution in [-0.2, 0) is 14.3 Å². The molecule has 2 fully saturated rings. The number of hydrogen-bond donors (Lipinski definition) is 1. The molecule has 140 valence electrons. The predicted octanol–water partition coefficient (Wildman–Crippen LogP) is 2.27. The third-order valence-corrected chi connectivity index (χ3v) is 4.42. The van der Waals surface area contributed by atoms with Gasteiger partial charge in [-0.1, -0.05) is 0 Å². The summed E-state index contributed by atoms with van der Waals surface area (Å²) in [4.78, 5) is 18.5. The van der Waals surface area contributed by atoms with Crippen molar-refractivity contribution in [2.45, 2.75) is 39.0 Å². The van der Waals surface area contributed by atoms with E-state index in [1.807, 2.05) is 0 Å². The van der Waals surface area contributed by atoms with E-state index in [0.717, 1.165) is 70.5 Å². The highest BCUT2D eigenvalue weighted by molar-refractivity contribution is 14.0. The maximum atomic E-state index is 11.6. The van der Waals surface area contributed by atoms with Gasteiger partial charge < -0.3 is 19.7 Å². The average molecular weight is 453 g/mol. The molecule has 1 aliphatic carbocycles. The van der Waals surface area contributed by atoms with Gasteiger partial charge in [0, 0.05) is 39.4 Å². The van der Waals surface area contributed by atoms with Crippen molar-refractivity contribution < 1.29 is 14.3 Å². The fourth-order valence-corrected chi connectivity index (χ4v) is 2.81. The number of guanidine groups is 1. The fraction of sp³-hybridized carbons (Fsp3) is 0.882. The molecule has 0 spiro atoms. The van der Waals surface area contributed by atoms with E-state index < -0.39 is 0 Å². The van der Waals surface area contributed by atoms with Gasteiger partial charge in [-0.3, -0.25) is 9.79 Å². The molecule has 1 saturated heterocycles. The van der Waals surface area contributed by atoms with E-state index in [4.69, 9.17) is 14.5 Å². The standard InChI is InChI=1S/C17H31N3O3.HI/c1-3-18-17(19-9-4-12-23-13-14-5-6-14)20-10-7-15(8-11-20)16(21)22-2;/h14-15H,3-13H2,1-2H3,(H,18,19);1H. The van der Waals surface area contributed by atoms with Crippen LogP contribution in [0.1, 0.15) is 39.0 Å². The lowest BCUT2D eigenvalue weighted by molar-refractivity contribution is -0.146. The first-order chi connectivity index (χ1) is 11.2. The quantitative estimate of drug-likeness (QED) is 0.201. The molecule has 0 radical (unpaired) electrons. The van der Waals surface area contributed by atoms with Gasteiger partial charge >= 0.3 is 5.97 Å². The van der Waals surface area contributed by atoms with Crippen LogP contribution in [0.3, 0.4) is 0 Å². The van der Waals surface area contributed by atoms with Gasteiger partial charge in [0.15, 0.2) is 5.96 Å². The van der Waals surface area contributed by atoms with Crippen molar-refractivity contribution in [2.75, 3.05) is 46.5 Å². The molecular formula is C17H32IN3O3. The van der Waals surface area contributed by atoms with Crippen molar-refractivity contribution in [2.24, 2.45) is 16.8 Å². The number of methoxy groups -OCH3 is 1. The van der Waals surface area contributed by atoms with Crippen molar-refractivity contribution in [1.29, 1.82) is 0 Å². The molecule has 0 unspecified atom stereocenters. The number of halogens is 1. The average Bonchev–Trinajstić information content (AvgIpc) is 3.40. The molecule has 1 saturated carbocycles. The van der Waals surface area contributed by atoms with E-state index in [9.17, 15) is 4.79 Å². The Labute approximate surface area is 162 Å². The molecule has 1 N–H and O–H groups in total. The minimum absolute atomic E-state index is 0. The van der Waals surface area contributed by atoms with Crippen molar-refractivity contribution >= 4 is 35.9 Å². The minimum Gasteiger partial charge on any atom is -0.469 e. The number of piperidine rings is 1. The first kappa shape index (κ1) is 21.5. The molecule has 2 aliphatic rings. The smallest absolute Gasteiger partial charge is 0.308 e. The number of carbonyl (C=O) groups excluding carboxylic acids is 1. The number of nitrogens with zero attached hydrogens (tertiary/aromatic N) is 2. The fourth-order valence-electron chi connectivity index (χ4n) is 2.81. The van der Waals surface area contributed by atoms with E-state index in [2.05, 4.69) is 17.1 Å². The minimum atomic E-state index is -0.0839. The van der Waals surface area contributed by atoms with E-state index >= 15 is 0 Å². The first-order valence-corrected chi connectivity index (χ1v) is 8.93. The van der Waals surface area contributed by atoms with Crippen LogP contribution in [0.15, 0.2) is 4.99 Å². The summed E-state index contributed by atoms with van der Waals surface area (Å²) >= 11 is 0. The van der Waals surface area contributed by atoms with E-state index in [0.29, 0.717) is 0 Å². The van der Waals surface area contributed by atoms with Crippen molar-refractivity contribution in [3.05, 3.63) is 0 Å². The second kappa shape index (κ2) is 11.9. The van der Waals surface area contributed by atoms with Crippen molar-refractivity contribution in [1.82, 2.24) is 10.2 Å². The van der Waals surface area contributed by atoms with Gasteiger partial charge in [0.25, 0.3) is 0 Å². The second-order valence-corrected chi connectivity index (χ2v) is 6.39. The third-order valence-electron chi connectivity index (χ3n) is 4.42. The SMILES string of the molecule is CCNC(=NCCCOCC1CC1)N1CCC(C(=O)OC)CC1.I. The van der Waals surface area contributed by atoms with E-state index in [1.54, 1.807) is 0 Å². The lowest BCUT2D eigenvalue weighted by atomic mass is 9.97. The Hall–Kier alpha value is -0.570. The summed E-state index contributed by atoms with van der Waals surface area (Å²) in [6.07, 6.45) is 5.30. The molecule has 0 bridgehead atoms. The number of likely N-dealkylation sites (tertiary alicyclic amines) is 1. The van der Waals surface area contributed by atoms with Gasteiger partial charge in [0.1, 0.15) is 0 Å². The number of nitrogens with one attached hydrogen (secondary N) is 1. The van der Waals surface area contributed by atoms with Crippen LogP contribution in [0.25, 0.3) is 0 Å². The molecule has 1 heterocycles. The number of esters is 1. The Morgan fingerprint density at radius 2 is 1.96 bits per heavy atom. The summed E-state index contributed by atoms with van der Waals surface area (Å²) in [6.45, 7) is 7.13. The topological polar surface area (TPSA) is 63.2 Å². The van der Waals surface area contributed by atoms with Gasteiger partial charge in [-0.2, -0.15) is 0 Å². The predicted molar refractivity (Wildman–Crippen MR) is 106 cm³/mol. The van der Waals surface area contributed by atoms with Crippen LogP contribution in [0.4, 0.5) is 0 Å². The summed E-state index contributed by atoms with van der Waals surface area (Å²) in [5, 5.41) is 3.35. The van der Waals surface area contributed by atoms with Crippen LogP contribution in [0.5, 0.6) is 0 Å². The molecule has 24 heavy (non-hydrogen) atoms. The molecule has 0 aromatic heterocycles. The lowest BCUT2D eigenvalue weighted by Gasteiger charge is -2.33. The van der Waals surface area contributed by atoms with Crippen molar-refractivity contribution in [3.63, 3.8) is 0 Å². The Morgan fingerprint density at radius 3 is 2.54 bits per heavy atom. The Bertz CT molecular complexity index is 395. The van der Waals surface area contributed by atoms with Crippen molar-refractivity contribution in [3.8, 4) is 0 Å². The summed E-state index contributed by atoms with van der Waals surface area (Å²) in [7, 11) is 1.46. The summed E-state index contributed by atoms with van der Waals surface area (Å²) in [6, 6.07) is 0. The molecule has 0 atom stereocenters. The highest BCUT2D eigenvalue weighted by Crippen LogP contribution is 2.28. The Balaban J connectivity index is 0.00000288. The number of rotatable bonds is 8. The molecule has 2 rings (SSSR count). The monoisotopic (exact) mass is 453 g/mol. The third kappa shape index (κ3) is 7.55. The van der Waals surface area contributed by atoms with Crippen LogP contribution in [0, 0.1) is 11.8 Å². The highest BCUT2D eigenvalue weighted by atomic mass is 127. The molecule has 0 amide bonds. The van der Waals surface area contributed by atoms with Gasteiger partial charge in [0.05, 0.1) is 13.0 Å². The highest BCUT2D eigenvalue weighted by Gasteiger charge is 2.26. The lowest BCUT2D eigenvalue weighted by Crippen LogP contribution is -2.46. The van der Waals surface area contributed by atoms with Crippen LogP contribution >= 0.6 is 24.0 Å². The van der Waals surface area contributed by atoms with Crippen LogP contribution < -0.4 is 5.32 Å². The van der Waals surface area contributed by atoms with Gasteiger partial charge in [-0.15, -0.1) is 24.0 Å². The maximum absolute atomic E-state index is 11.6. The van der Waals surface area contributed by atoms with E-state index in [-0.39, 0.29) is 35.9 Å². The first-order valence-electron chi connectivity index (χ1n) is 8.93. The normalized spacial score (nSPS) is 18.9. The number of ether oxygens (including phenoxy) is 2. The molecular weight excluding hydrogens is 421 g/mol. The Kier molecular flexibility index (Phi) is 10.6. The number of aliphatic imine (C=N–C) groups is 1. The number of hydrogen-bond acceptors (Lipinski definition) is 4. The summed E-state index contributed by atoms with van der Waals surface area (Å²) < 4.78 is 10.5. The zero-order valence-corrected chi connectivity index (χ0v) is 17.3. The molecule has 7 heteroatoms. The van der Waals surface area contributed by atoms with E-state index in [1.165, 1.54) is 20.0 Å².